The van der Waals surface area contributed by atoms with Crippen LogP contribution in [0.3, 0.4) is 0 Å². The van der Waals surface area contributed by atoms with Crippen LogP contribution < -0.4 is 10.6 Å². The highest BCUT2D eigenvalue weighted by molar-refractivity contribution is 9.11. The molecule has 110 valence electrons. The number of nitrogens with one attached hydrogen (secondary N) is 2. The van der Waals surface area contributed by atoms with Crippen molar-refractivity contribution in [3.63, 3.8) is 0 Å². The Bertz CT molecular complexity index is 825. The average Bonchev–Trinajstić information content (AvgIpc) is 2.97. The molecule has 0 aliphatic heterocycles. The Labute approximate surface area is 133 Å². The van der Waals surface area contributed by atoms with Gasteiger partial charge in [-0.05, 0) is 28.9 Å². The number of halogens is 1. The molecule has 0 fully saturated rings. The molecular formula is C13H14BrN5OS. The molecule has 8 heteroatoms. The van der Waals surface area contributed by atoms with E-state index in [1.807, 2.05) is 19.2 Å². The van der Waals surface area contributed by atoms with Crippen LogP contribution in [0.4, 0.5) is 5.82 Å². The van der Waals surface area contributed by atoms with Crippen molar-refractivity contribution in [2.45, 2.75) is 13.8 Å². The molecule has 3 heterocycles. The van der Waals surface area contributed by atoms with E-state index in [9.17, 15) is 4.79 Å². The van der Waals surface area contributed by atoms with Crippen molar-refractivity contribution in [3.8, 4) is 0 Å². The summed E-state index contributed by atoms with van der Waals surface area (Å²) < 4.78 is 3.13. The third-order valence-electron chi connectivity index (χ3n) is 3.04. The fourth-order valence-corrected chi connectivity index (χ4v) is 3.72. The Morgan fingerprint density at radius 1 is 1.48 bits per heavy atom. The fourth-order valence-electron chi connectivity index (χ4n) is 2.15. The second-order valence-corrected chi connectivity index (χ2v) is 7.08. The summed E-state index contributed by atoms with van der Waals surface area (Å²) >= 11 is 5.14. The summed E-state index contributed by atoms with van der Waals surface area (Å²) in [6, 6.07) is 2.00. The molecule has 21 heavy (non-hydrogen) atoms. The molecule has 3 aromatic heterocycles. The van der Waals surface area contributed by atoms with Crippen LogP contribution >= 0.6 is 27.3 Å². The highest BCUT2D eigenvalue weighted by atomic mass is 79.9. The van der Waals surface area contributed by atoms with Crippen LogP contribution in [0.25, 0.3) is 16.0 Å². The second-order valence-electron chi connectivity index (χ2n) is 4.67. The molecule has 1 amide bonds. The van der Waals surface area contributed by atoms with E-state index in [-0.39, 0.29) is 5.91 Å². The summed E-state index contributed by atoms with van der Waals surface area (Å²) in [5, 5.41) is 5.99. The number of nitrogens with zero attached hydrogens (tertiary/aromatic N) is 3. The predicted molar refractivity (Wildman–Crippen MR) is 88.0 cm³/mol. The van der Waals surface area contributed by atoms with E-state index < -0.39 is 0 Å². The number of carbonyl (C=O) groups excluding carboxylic acids is 1. The lowest BCUT2D eigenvalue weighted by Crippen LogP contribution is -2.26. The van der Waals surface area contributed by atoms with Gasteiger partial charge in [-0.25, -0.2) is 9.97 Å². The van der Waals surface area contributed by atoms with Gasteiger partial charge in [0.05, 0.1) is 3.79 Å². The van der Waals surface area contributed by atoms with Crippen molar-refractivity contribution < 1.29 is 4.79 Å². The summed E-state index contributed by atoms with van der Waals surface area (Å²) in [4.78, 5) is 21.0. The normalized spacial score (nSPS) is 11.2. The van der Waals surface area contributed by atoms with Gasteiger partial charge in [-0.2, -0.15) is 0 Å². The molecule has 0 radical (unpaired) electrons. The number of carbonyl (C=O) groups is 1. The highest BCUT2D eigenvalue weighted by Gasteiger charge is 2.13. The molecule has 6 nitrogen and oxygen atoms in total. The van der Waals surface area contributed by atoms with Gasteiger partial charge in [0.2, 0.25) is 5.91 Å². The summed E-state index contributed by atoms with van der Waals surface area (Å²) in [5.74, 6) is 0.690. The Morgan fingerprint density at radius 2 is 2.29 bits per heavy atom. The number of amides is 1. The lowest BCUT2D eigenvalue weighted by atomic mass is 10.4. The Morgan fingerprint density at radius 3 is 3.05 bits per heavy atom. The number of anilines is 1. The molecule has 0 saturated heterocycles. The topological polar surface area (TPSA) is 71.3 Å². The molecule has 3 aromatic rings. The van der Waals surface area contributed by atoms with Crippen LogP contribution in [0.15, 0.2) is 16.0 Å². The molecule has 0 aliphatic rings. The number of imidazole rings is 1. The lowest BCUT2D eigenvalue weighted by molar-refractivity contribution is -0.118. The van der Waals surface area contributed by atoms with E-state index in [0.29, 0.717) is 13.1 Å². The highest BCUT2D eigenvalue weighted by Crippen LogP contribution is 2.32. The SMILES string of the molecule is CC(=O)NCCNc1nc2cc(Br)sc2n2c(C)cnc12. The van der Waals surface area contributed by atoms with Gasteiger partial charge < -0.3 is 10.6 Å². The maximum absolute atomic E-state index is 10.9. The Kier molecular flexibility index (Phi) is 3.81. The zero-order valence-electron chi connectivity index (χ0n) is 11.6. The van der Waals surface area contributed by atoms with Crippen molar-refractivity contribution in [2.75, 3.05) is 18.4 Å². The lowest BCUT2D eigenvalue weighted by Gasteiger charge is -2.08. The van der Waals surface area contributed by atoms with Gasteiger partial charge in [0.15, 0.2) is 11.5 Å². The number of aryl methyl sites for hydroxylation is 1. The first kappa shape index (κ1) is 14.3. The maximum Gasteiger partial charge on any atom is 0.216 e. The van der Waals surface area contributed by atoms with E-state index in [4.69, 9.17) is 0 Å². The zero-order valence-corrected chi connectivity index (χ0v) is 14.0. The number of aromatic nitrogens is 3. The third kappa shape index (κ3) is 2.73. The second kappa shape index (κ2) is 5.61. The summed E-state index contributed by atoms with van der Waals surface area (Å²) in [6.45, 7) is 4.68. The van der Waals surface area contributed by atoms with Crippen LogP contribution in [0.2, 0.25) is 0 Å². The molecule has 0 bridgehead atoms. The van der Waals surface area contributed by atoms with Crippen molar-refractivity contribution >= 4 is 55.0 Å². The monoisotopic (exact) mass is 367 g/mol. The Balaban J connectivity index is 1.98. The van der Waals surface area contributed by atoms with E-state index in [1.165, 1.54) is 6.92 Å². The van der Waals surface area contributed by atoms with Gasteiger partial charge in [0.1, 0.15) is 10.3 Å². The molecule has 0 spiro atoms. The summed E-state index contributed by atoms with van der Waals surface area (Å²) in [6.07, 6.45) is 1.84. The van der Waals surface area contributed by atoms with Crippen LogP contribution in [-0.4, -0.2) is 33.4 Å². The van der Waals surface area contributed by atoms with Gasteiger partial charge in [0, 0.05) is 31.9 Å². The quantitative estimate of drug-likeness (QED) is 0.695. The Hall–Kier alpha value is -1.67. The van der Waals surface area contributed by atoms with Crippen LogP contribution in [0.1, 0.15) is 12.6 Å². The number of rotatable bonds is 4. The fraction of sp³-hybridized carbons (Fsp3) is 0.308. The van der Waals surface area contributed by atoms with E-state index >= 15 is 0 Å². The largest absolute Gasteiger partial charge is 0.365 e. The number of hydrogen-bond donors (Lipinski definition) is 2. The molecule has 0 unspecified atom stereocenters. The molecule has 0 atom stereocenters. The van der Waals surface area contributed by atoms with Crippen LogP contribution in [-0.2, 0) is 4.79 Å². The van der Waals surface area contributed by atoms with Crippen molar-refractivity contribution in [2.24, 2.45) is 0 Å². The first-order valence-electron chi connectivity index (χ1n) is 6.47. The smallest absolute Gasteiger partial charge is 0.216 e. The average molecular weight is 368 g/mol. The first-order valence-corrected chi connectivity index (χ1v) is 8.08. The standard InChI is InChI=1S/C13H14BrN5OS/c1-7-6-17-12-11(16-4-3-15-8(2)20)18-9-5-10(14)21-13(9)19(7)12/h5-6H,3-4H2,1-2H3,(H,15,20)(H,16,18). The molecule has 3 rings (SSSR count). The minimum Gasteiger partial charge on any atom is -0.365 e. The zero-order chi connectivity index (χ0) is 15.0. The minimum atomic E-state index is -0.0382. The number of thiophene rings is 1. The number of hydrogen-bond acceptors (Lipinski definition) is 5. The van der Waals surface area contributed by atoms with E-state index in [2.05, 4.69) is 40.9 Å². The summed E-state index contributed by atoms with van der Waals surface area (Å²) in [7, 11) is 0. The molecule has 0 aromatic carbocycles. The van der Waals surface area contributed by atoms with E-state index in [0.717, 1.165) is 31.3 Å². The van der Waals surface area contributed by atoms with Crippen molar-refractivity contribution in [3.05, 3.63) is 21.7 Å². The summed E-state index contributed by atoms with van der Waals surface area (Å²) in [5.41, 5.74) is 2.79. The maximum atomic E-state index is 10.9. The van der Waals surface area contributed by atoms with Gasteiger partial charge in [0.25, 0.3) is 0 Å². The third-order valence-corrected chi connectivity index (χ3v) is 4.65. The van der Waals surface area contributed by atoms with Crippen molar-refractivity contribution in [1.29, 1.82) is 0 Å². The molecule has 0 aliphatic carbocycles. The first-order chi connectivity index (χ1) is 10.1. The van der Waals surface area contributed by atoms with Crippen molar-refractivity contribution in [1.82, 2.24) is 19.7 Å². The van der Waals surface area contributed by atoms with Gasteiger partial charge >= 0.3 is 0 Å². The van der Waals surface area contributed by atoms with Crippen LogP contribution in [0, 0.1) is 6.92 Å². The number of fused-ring (bicyclic) bond motifs is 3. The van der Waals surface area contributed by atoms with E-state index in [1.54, 1.807) is 11.3 Å². The minimum absolute atomic E-state index is 0.0382. The predicted octanol–water partition coefficient (Wildman–Crippen LogP) is 2.56. The molecule has 2 N–H and O–H groups in total. The molecular weight excluding hydrogens is 354 g/mol. The van der Waals surface area contributed by atoms with Gasteiger partial charge in [-0.3, -0.25) is 9.20 Å². The van der Waals surface area contributed by atoms with Crippen LogP contribution in [0.5, 0.6) is 0 Å². The molecule has 0 saturated carbocycles. The van der Waals surface area contributed by atoms with Gasteiger partial charge in [-0.15, -0.1) is 11.3 Å². The van der Waals surface area contributed by atoms with Gasteiger partial charge in [-0.1, -0.05) is 0 Å².